The Bertz CT molecular complexity index is 1400. The molecular weight excluding hydrogens is 572 g/mol. The minimum absolute atomic E-state index is 0.170. The molecule has 214 valence electrons. The van der Waals surface area contributed by atoms with Crippen LogP contribution in [0.2, 0.25) is 0 Å². The Balaban J connectivity index is 0.000000181. The number of H-pyrrole nitrogens is 1. The van der Waals surface area contributed by atoms with Crippen LogP contribution in [0.5, 0.6) is 0 Å². The lowest BCUT2D eigenvalue weighted by Gasteiger charge is -2.27. The van der Waals surface area contributed by atoms with Crippen LogP contribution in [0.25, 0.3) is 10.2 Å². The lowest BCUT2D eigenvalue weighted by atomic mass is 10.0. The molecule has 16 heteroatoms. The van der Waals surface area contributed by atoms with Crippen LogP contribution in [0.3, 0.4) is 0 Å². The number of carbonyl (C=O) groups excluding carboxylic acids is 1. The van der Waals surface area contributed by atoms with E-state index in [-0.39, 0.29) is 31.8 Å². The molecule has 2 aliphatic heterocycles. The van der Waals surface area contributed by atoms with Gasteiger partial charge in [-0.05, 0) is 30.9 Å². The van der Waals surface area contributed by atoms with Crippen molar-refractivity contribution in [1.29, 1.82) is 0 Å². The number of rotatable bonds is 4. The number of ether oxygens (including phenoxy) is 1. The van der Waals surface area contributed by atoms with Crippen molar-refractivity contribution < 1.29 is 35.9 Å². The molecule has 0 radical (unpaired) electrons. The van der Waals surface area contributed by atoms with E-state index in [1.54, 1.807) is 6.92 Å². The third-order valence-corrected chi connectivity index (χ3v) is 8.34. The monoisotopic (exact) mass is 597 g/mol. The van der Waals surface area contributed by atoms with Gasteiger partial charge in [0.25, 0.3) is 5.56 Å². The number of nitrogens with two attached hydrogens (primary N) is 1. The molecule has 3 aromatic rings. The van der Waals surface area contributed by atoms with E-state index < -0.39 is 31.4 Å². The molecule has 5 heterocycles. The smallest absolute Gasteiger partial charge is 0.401 e. The maximum absolute atomic E-state index is 12.4. The van der Waals surface area contributed by atoms with E-state index in [2.05, 4.69) is 9.97 Å². The number of nitrogen functional groups attached to an aromatic ring is 1. The van der Waals surface area contributed by atoms with E-state index in [0.29, 0.717) is 40.2 Å². The highest BCUT2D eigenvalue weighted by molar-refractivity contribution is 7.18. The Kier molecular flexibility index (Phi) is 8.58. The number of fused-ring (bicyclic) bond motifs is 4. The van der Waals surface area contributed by atoms with Gasteiger partial charge in [0.05, 0.1) is 37.0 Å². The van der Waals surface area contributed by atoms with Gasteiger partial charge in [0.2, 0.25) is 0 Å². The summed E-state index contributed by atoms with van der Waals surface area (Å²) in [5, 5.41) is 0.858. The molecule has 0 aromatic carbocycles. The van der Waals surface area contributed by atoms with Crippen molar-refractivity contribution in [3.05, 3.63) is 43.1 Å². The minimum atomic E-state index is -4.22. The topological polar surface area (TPSA) is 105 Å². The third kappa shape index (κ3) is 7.10. The van der Waals surface area contributed by atoms with E-state index >= 15 is 0 Å². The molecular formula is C23H25F6N5O3S2. The maximum Gasteiger partial charge on any atom is 0.401 e. The van der Waals surface area contributed by atoms with Gasteiger partial charge in [-0.1, -0.05) is 0 Å². The fourth-order valence-electron chi connectivity index (χ4n) is 4.67. The number of esters is 1. The van der Waals surface area contributed by atoms with Crippen molar-refractivity contribution in [2.45, 2.75) is 45.2 Å². The molecule has 0 amide bonds. The summed E-state index contributed by atoms with van der Waals surface area (Å²) in [7, 11) is 0. The van der Waals surface area contributed by atoms with Gasteiger partial charge in [0.15, 0.2) is 0 Å². The van der Waals surface area contributed by atoms with Crippen LogP contribution in [0.1, 0.15) is 38.2 Å². The molecule has 2 aliphatic rings. The average molecular weight is 598 g/mol. The molecule has 0 spiro atoms. The summed E-state index contributed by atoms with van der Waals surface area (Å²) in [6.07, 6.45) is -6.25. The van der Waals surface area contributed by atoms with E-state index in [0.717, 1.165) is 20.9 Å². The fourth-order valence-corrected chi connectivity index (χ4v) is 7.05. The Morgan fingerprint density at radius 3 is 2.15 bits per heavy atom. The van der Waals surface area contributed by atoms with Gasteiger partial charge in [0.1, 0.15) is 9.83 Å². The van der Waals surface area contributed by atoms with Crippen molar-refractivity contribution in [2.24, 2.45) is 0 Å². The fraction of sp³-hybridized carbons (Fsp3) is 0.522. The number of nitrogens with one attached hydrogen (secondary N) is 1. The quantitative estimate of drug-likeness (QED) is 0.341. The number of alkyl halides is 6. The number of aromatic amines is 1. The van der Waals surface area contributed by atoms with Crippen molar-refractivity contribution in [2.75, 3.05) is 38.5 Å². The number of carbonyl (C=O) groups is 1. The molecule has 0 saturated heterocycles. The largest absolute Gasteiger partial charge is 0.462 e. The molecule has 0 atom stereocenters. The van der Waals surface area contributed by atoms with Crippen LogP contribution in [-0.2, 0) is 30.7 Å². The number of nitrogens with zero attached hydrogens (tertiary/aromatic N) is 3. The van der Waals surface area contributed by atoms with Gasteiger partial charge < -0.3 is 15.5 Å². The first-order valence-electron chi connectivity index (χ1n) is 11.9. The molecule has 3 aromatic heterocycles. The number of hydrogen-bond acceptors (Lipinski definition) is 9. The molecule has 8 nitrogen and oxygen atoms in total. The summed E-state index contributed by atoms with van der Waals surface area (Å²) in [5.74, 6) is -0.494. The van der Waals surface area contributed by atoms with Gasteiger partial charge in [-0.15, -0.1) is 22.7 Å². The average Bonchev–Trinajstić information content (AvgIpc) is 3.34. The summed E-state index contributed by atoms with van der Waals surface area (Å²) in [4.78, 5) is 34.9. The van der Waals surface area contributed by atoms with E-state index in [1.807, 2.05) is 0 Å². The number of anilines is 1. The summed E-state index contributed by atoms with van der Waals surface area (Å²) in [6.45, 7) is 1.05. The molecule has 0 saturated carbocycles. The van der Waals surface area contributed by atoms with Gasteiger partial charge in [-0.25, -0.2) is 9.78 Å². The number of thiophene rings is 2. The predicted octanol–water partition coefficient (Wildman–Crippen LogP) is 4.33. The molecule has 39 heavy (non-hydrogen) atoms. The van der Waals surface area contributed by atoms with Gasteiger partial charge in [-0.2, -0.15) is 26.3 Å². The summed E-state index contributed by atoms with van der Waals surface area (Å²) >= 11 is 2.47. The minimum Gasteiger partial charge on any atom is -0.462 e. The first-order valence-corrected chi connectivity index (χ1v) is 13.5. The second kappa shape index (κ2) is 11.4. The van der Waals surface area contributed by atoms with Crippen molar-refractivity contribution in [3.8, 4) is 0 Å². The van der Waals surface area contributed by atoms with Crippen molar-refractivity contribution >= 4 is 43.9 Å². The second-order valence-corrected chi connectivity index (χ2v) is 11.3. The van der Waals surface area contributed by atoms with Crippen LogP contribution in [0, 0.1) is 0 Å². The lowest BCUT2D eigenvalue weighted by molar-refractivity contribution is -0.148. The molecule has 3 N–H and O–H groups in total. The lowest BCUT2D eigenvalue weighted by Crippen LogP contribution is -2.37. The highest BCUT2D eigenvalue weighted by atomic mass is 32.1. The van der Waals surface area contributed by atoms with Gasteiger partial charge in [0, 0.05) is 35.9 Å². The summed E-state index contributed by atoms with van der Waals surface area (Å²) in [5.41, 5.74) is 7.51. The zero-order chi connectivity index (χ0) is 28.5. The Labute approximate surface area is 226 Å². The highest BCUT2D eigenvalue weighted by Crippen LogP contribution is 2.36. The highest BCUT2D eigenvalue weighted by Gasteiger charge is 2.35. The van der Waals surface area contributed by atoms with Crippen LogP contribution < -0.4 is 11.3 Å². The first kappa shape index (κ1) is 29.3. The Morgan fingerprint density at radius 2 is 1.59 bits per heavy atom. The second-order valence-electron chi connectivity index (χ2n) is 9.03. The zero-order valence-electron chi connectivity index (χ0n) is 20.7. The van der Waals surface area contributed by atoms with E-state index in [4.69, 9.17) is 10.5 Å². The molecule has 0 bridgehead atoms. The molecule has 0 unspecified atom stereocenters. The third-order valence-electron chi connectivity index (χ3n) is 6.17. The van der Waals surface area contributed by atoms with Crippen molar-refractivity contribution in [1.82, 2.24) is 19.8 Å². The number of hydrogen-bond donors (Lipinski definition) is 2. The van der Waals surface area contributed by atoms with Crippen molar-refractivity contribution in [3.63, 3.8) is 0 Å². The van der Waals surface area contributed by atoms with Crippen LogP contribution >= 0.6 is 22.7 Å². The normalized spacial score (nSPS) is 16.4. The standard InChI is InChI=1S/C12H15F3N2O2S.C11H10F3N3OS/c1-2-19-11(18)9-7-3-4-17(6-12(13,14)15)5-8(7)20-10(9)16;12-11(13,14)4-17-2-1-6-7(3-17)19-10-8(6)9(18)15-5-16-10/h2-6,16H2,1H3;5H,1-4H2,(H,15,16,18). The SMILES string of the molecule is CCOC(=O)c1c(N)sc2c1CCN(CC(F)(F)F)C2.O=c1[nH]cnc2sc3c(c12)CCN(CC(F)(F)F)C3. The van der Waals surface area contributed by atoms with E-state index in [9.17, 15) is 35.9 Å². The molecule has 5 rings (SSSR count). The van der Waals surface area contributed by atoms with Crippen LogP contribution in [0.15, 0.2) is 11.1 Å². The number of aromatic nitrogens is 2. The summed E-state index contributed by atoms with van der Waals surface area (Å²) in [6, 6.07) is 0. The summed E-state index contributed by atoms with van der Waals surface area (Å²) < 4.78 is 79.2. The Morgan fingerprint density at radius 1 is 1.03 bits per heavy atom. The van der Waals surface area contributed by atoms with Gasteiger partial charge >= 0.3 is 18.3 Å². The molecule has 0 fully saturated rings. The zero-order valence-corrected chi connectivity index (χ0v) is 22.3. The Hall–Kier alpha value is -2.69. The van der Waals surface area contributed by atoms with Crippen LogP contribution in [0.4, 0.5) is 31.3 Å². The number of halogens is 6. The predicted molar refractivity (Wildman–Crippen MR) is 135 cm³/mol. The van der Waals surface area contributed by atoms with Crippen LogP contribution in [-0.4, -0.2) is 70.9 Å². The van der Waals surface area contributed by atoms with E-state index in [1.165, 1.54) is 38.8 Å². The first-order chi connectivity index (χ1) is 18.3. The van der Waals surface area contributed by atoms with Gasteiger partial charge in [-0.3, -0.25) is 14.6 Å². The molecule has 0 aliphatic carbocycles. The maximum atomic E-state index is 12.4.